The van der Waals surface area contributed by atoms with Gasteiger partial charge in [0.2, 0.25) is 0 Å². The van der Waals surface area contributed by atoms with E-state index in [1.807, 2.05) is 6.92 Å². The Morgan fingerprint density at radius 2 is 1.61 bits per heavy atom. The third-order valence-corrected chi connectivity index (χ3v) is 2.51. The molecule has 0 radical (unpaired) electrons. The zero-order valence-electron chi connectivity index (χ0n) is 11.2. The minimum atomic E-state index is -0.812. The van der Waals surface area contributed by atoms with Gasteiger partial charge in [0.15, 0.2) is 0 Å². The van der Waals surface area contributed by atoms with E-state index in [-0.39, 0.29) is 6.61 Å². The Bertz CT molecular complexity index is 440. The third-order valence-electron chi connectivity index (χ3n) is 2.51. The fraction of sp³-hybridized carbons (Fsp3) is 0.429. The molecular weight excluding hydrogens is 232 g/mol. The number of Topliss-reactive ketones (excluding diaryl/α,β-unsaturated/α-hetero) is 1. The number of ketones is 1. The quantitative estimate of drug-likeness (QED) is 0.457. The van der Waals surface area contributed by atoms with Crippen LogP contribution >= 0.6 is 0 Å². The summed E-state index contributed by atoms with van der Waals surface area (Å²) < 4.78 is 10.1. The summed E-state index contributed by atoms with van der Waals surface area (Å²) in [5, 5.41) is 0. The van der Waals surface area contributed by atoms with Gasteiger partial charge in [-0.05, 0) is 51.0 Å². The maximum atomic E-state index is 11.9. The highest BCUT2D eigenvalue weighted by Gasteiger charge is 2.22. The lowest BCUT2D eigenvalue weighted by Crippen LogP contribution is -2.19. The number of ether oxygens (including phenoxy) is 2. The van der Waals surface area contributed by atoms with Gasteiger partial charge in [0.25, 0.3) is 5.78 Å². The van der Waals surface area contributed by atoms with Crippen LogP contribution in [0.3, 0.4) is 0 Å². The Kier molecular flexibility index (Phi) is 4.89. The van der Waals surface area contributed by atoms with Crippen molar-refractivity contribution in [3.05, 3.63) is 28.8 Å². The van der Waals surface area contributed by atoms with Gasteiger partial charge in [-0.2, -0.15) is 0 Å². The van der Waals surface area contributed by atoms with Crippen molar-refractivity contribution in [3.8, 4) is 5.75 Å². The smallest absolute Gasteiger partial charge is 0.379 e. The maximum Gasteiger partial charge on any atom is 0.379 e. The van der Waals surface area contributed by atoms with E-state index in [2.05, 4.69) is 0 Å². The highest BCUT2D eigenvalue weighted by atomic mass is 16.5. The van der Waals surface area contributed by atoms with Crippen LogP contribution in [0, 0.1) is 13.8 Å². The van der Waals surface area contributed by atoms with Gasteiger partial charge in [0.05, 0.1) is 13.2 Å². The SMILES string of the molecule is CCOC(=O)C(=O)c1c(C)cc(OCC)cc1C. The van der Waals surface area contributed by atoms with E-state index < -0.39 is 11.8 Å². The Morgan fingerprint density at radius 3 is 2.06 bits per heavy atom. The molecule has 1 aromatic carbocycles. The van der Waals surface area contributed by atoms with Crippen molar-refractivity contribution in [2.24, 2.45) is 0 Å². The lowest BCUT2D eigenvalue weighted by atomic mass is 9.98. The normalized spacial score (nSPS) is 10.0. The topological polar surface area (TPSA) is 52.6 Å². The van der Waals surface area contributed by atoms with Gasteiger partial charge in [0.1, 0.15) is 5.75 Å². The maximum absolute atomic E-state index is 11.9. The molecule has 0 amide bonds. The molecular formula is C14H18O4. The van der Waals surface area contributed by atoms with Crippen LogP contribution in [-0.2, 0) is 9.53 Å². The second kappa shape index (κ2) is 6.19. The van der Waals surface area contributed by atoms with Crippen molar-refractivity contribution in [2.75, 3.05) is 13.2 Å². The zero-order valence-corrected chi connectivity index (χ0v) is 11.2. The molecule has 0 aliphatic heterocycles. The molecule has 0 bridgehead atoms. The van der Waals surface area contributed by atoms with Crippen molar-refractivity contribution in [3.63, 3.8) is 0 Å². The molecule has 1 aromatic rings. The lowest BCUT2D eigenvalue weighted by Gasteiger charge is -2.11. The van der Waals surface area contributed by atoms with E-state index in [9.17, 15) is 9.59 Å². The molecule has 98 valence electrons. The molecule has 0 aromatic heterocycles. The second-order valence-electron chi connectivity index (χ2n) is 3.91. The summed E-state index contributed by atoms with van der Waals surface area (Å²) in [6, 6.07) is 3.51. The summed E-state index contributed by atoms with van der Waals surface area (Å²) >= 11 is 0. The van der Waals surface area contributed by atoms with Gasteiger partial charge in [-0.1, -0.05) is 0 Å². The molecule has 4 heteroatoms. The molecule has 4 nitrogen and oxygen atoms in total. The molecule has 0 fully saturated rings. The highest BCUT2D eigenvalue weighted by molar-refractivity contribution is 6.41. The van der Waals surface area contributed by atoms with Crippen molar-refractivity contribution >= 4 is 11.8 Å². The summed E-state index contributed by atoms with van der Waals surface area (Å²) in [5.41, 5.74) is 1.84. The first-order chi connectivity index (χ1) is 8.51. The molecule has 18 heavy (non-hydrogen) atoms. The fourth-order valence-electron chi connectivity index (χ4n) is 1.83. The van der Waals surface area contributed by atoms with Crippen LogP contribution in [0.4, 0.5) is 0 Å². The van der Waals surface area contributed by atoms with Crippen LogP contribution in [0.25, 0.3) is 0 Å². The summed E-state index contributed by atoms with van der Waals surface area (Å²) in [7, 11) is 0. The standard InChI is InChI=1S/C14H18O4/c1-5-17-11-7-9(3)12(10(4)8-11)13(15)14(16)18-6-2/h7-8H,5-6H2,1-4H3. The second-order valence-corrected chi connectivity index (χ2v) is 3.91. The van der Waals surface area contributed by atoms with Gasteiger partial charge in [-0.25, -0.2) is 4.79 Å². The minimum absolute atomic E-state index is 0.194. The first-order valence-corrected chi connectivity index (χ1v) is 5.96. The van der Waals surface area contributed by atoms with Crippen LogP contribution in [0.2, 0.25) is 0 Å². The minimum Gasteiger partial charge on any atom is -0.494 e. The number of rotatable bonds is 5. The molecule has 0 aliphatic carbocycles. The summed E-state index contributed by atoms with van der Waals surface area (Å²) in [6.07, 6.45) is 0. The Hall–Kier alpha value is -1.84. The fourth-order valence-corrected chi connectivity index (χ4v) is 1.83. The number of carbonyl (C=O) groups excluding carboxylic acids is 2. The van der Waals surface area contributed by atoms with Crippen LogP contribution < -0.4 is 4.74 Å². The van der Waals surface area contributed by atoms with Gasteiger partial charge < -0.3 is 9.47 Å². The number of benzene rings is 1. The molecule has 0 saturated heterocycles. The molecule has 0 heterocycles. The van der Waals surface area contributed by atoms with E-state index in [1.54, 1.807) is 32.9 Å². The average molecular weight is 250 g/mol. The van der Waals surface area contributed by atoms with Crippen LogP contribution in [0.1, 0.15) is 35.3 Å². The number of aryl methyl sites for hydroxylation is 2. The summed E-state index contributed by atoms with van der Waals surface area (Å²) in [5.74, 6) is -0.712. The van der Waals surface area contributed by atoms with E-state index in [0.717, 1.165) is 11.1 Å². The molecule has 0 saturated carbocycles. The first-order valence-electron chi connectivity index (χ1n) is 5.96. The van der Waals surface area contributed by atoms with Crippen LogP contribution in [0.5, 0.6) is 5.75 Å². The predicted octanol–water partition coefficient (Wildman–Crippen LogP) is 2.45. The van der Waals surface area contributed by atoms with Crippen LogP contribution in [0.15, 0.2) is 12.1 Å². The monoisotopic (exact) mass is 250 g/mol. The summed E-state index contributed by atoms with van der Waals surface area (Å²) in [4.78, 5) is 23.4. The molecule has 0 unspecified atom stereocenters. The van der Waals surface area contributed by atoms with Gasteiger partial charge >= 0.3 is 5.97 Å². The van der Waals surface area contributed by atoms with E-state index in [0.29, 0.717) is 17.9 Å². The zero-order chi connectivity index (χ0) is 13.7. The Labute approximate surface area is 107 Å². The molecule has 0 aliphatic rings. The Morgan fingerprint density at radius 1 is 1.06 bits per heavy atom. The summed E-state index contributed by atoms with van der Waals surface area (Å²) in [6.45, 7) is 7.87. The molecule has 0 N–H and O–H groups in total. The predicted molar refractivity (Wildman–Crippen MR) is 68.0 cm³/mol. The van der Waals surface area contributed by atoms with E-state index in [4.69, 9.17) is 9.47 Å². The number of carbonyl (C=O) groups is 2. The van der Waals surface area contributed by atoms with Crippen molar-refractivity contribution in [1.29, 1.82) is 0 Å². The first kappa shape index (κ1) is 14.2. The van der Waals surface area contributed by atoms with E-state index in [1.165, 1.54) is 0 Å². The van der Waals surface area contributed by atoms with Crippen molar-refractivity contribution < 1.29 is 19.1 Å². The number of esters is 1. The average Bonchev–Trinajstić information content (AvgIpc) is 2.28. The van der Waals surface area contributed by atoms with Crippen molar-refractivity contribution in [1.82, 2.24) is 0 Å². The van der Waals surface area contributed by atoms with Crippen molar-refractivity contribution in [2.45, 2.75) is 27.7 Å². The highest BCUT2D eigenvalue weighted by Crippen LogP contribution is 2.22. The lowest BCUT2D eigenvalue weighted by molar-refractivity contribution is -0.137. The molecule has 0 spiro atoms. The number of hydrogen-bond donors (Lipinski definition) is 0. The van der Waals surface area contributed by atoms with Gasteiger partial charge in [-0.15, -0.1) is 0 Å². The largest absolute Gasteiger partial charge is 0.494 e. The van der Waals surface area contributed by atoms with Gasteiger partial charge in [0, 0.05) is 5.56 Å². The van der Waals surface area contributed by atoms with Gasteiger partial charge in [-0.3, -0.25) is 4.79 Å². The van der Waals surface area contributed by atoms with E-state index >= 15 is 0 Å². The Balaban J connectivity index is 3.10. The van der Waals surface area contributed by atoms with Crippen LogP contribution in [-0.4, -0.2) is 25.0 Å². The third kappa shape index (κ3) is 3.09. The molecule has 0 atom stereocenters. The molecule has 1 rings (SSSR count). The number of hydrogen-bond acceptors (Lipinski definition) is 4.